The molecule has 0 spiro atoms. The van der Waals surface area contributed by atoms with Crippen LogP contribution in [0.2, 0.25) is 0 Å². The Morgan fingerprint density at radius 3 is 2.32 bits per heavy atom. The molecule has 3 rings (SSSR count). The van der Waals surface area contributed by atoms with Crippen LogP contribution in [-0.2, 0) is 11.3 Å². The van der Waals surface area contributed by atoms with Gasteiger partial charge in [-0.1, -0.05) is 48.0 Å². The van der Waals surface area contributed by atoms with E-state index in [1.54, 1.807) is 19.1 Å². The average molecular weight is 438 g/mol. The molecular formula is C22H23N5O3S. The molecule has 0 saturated carbocycles. The molecule has 5 N–H and O–H groups in total. The van der Waals surface area contributed by atoms with Crippen molar-refractivity contribution in [2.75, 3.05) is 10.6 Å². The molecular weight excluding hydrogens is 414 g/mol. The Hall–Kier alpha value is -3.72. The fourth-order valence-electron chi connectivity index (χ4n) is 3.01. The van der Waals surface area contributed by atoms with Gasteiger partial charge >= 0.3 is 0 Å². The number of anilines is 2. The first-order valence-electron chi connectivity index (χ1n) is 9.56. The Bertz CT molecular complexity index is 1100. The van der Waals surface area contributed by atoms with E-state index in [9.17, 15) is 14.4 Å². The Labute approximate surface area is 184 Å². The van der Waals surface area contributed by atoms with Crippen molar-refractivity contribution in [3.8, 4) is 0 Å². The molecule has 0 radical (unpaired) electrons. The number of nitrogen functional groups attached to an aromatic ring is 1. The van der Waals surface area contributed by atoms with Crippen molar-refractivity contribution in [1.82, 2.24) is 9.69 Å². The van der Waals surface area contributed by atoms with Gasteiger partial charge in [0.1, 0.15) is 10.9 Å². The number of nitrogens with one attached hydrogen (secondary N) is 1. The zero-order valence-electron chi connectivity index (χ0n) is 17.2. The highest BCUT2D eigenvalue weighted by Crippen LogP contribution is 2.27. The number of rotatable bonds is 7. The molecule has 31 heavy (non-hydrogen) atoms. The number of hydrogen-bond donors (Lipinski definition) is 3. The lowest BCUT2D eigenvalue weighted by molar-refractivity contribution is -0.122. The molecule has 0 aliphatic rings. The largest absolute Gasteiger partial charge is 0.395 e. The maximum absolute atomic E-state index is 13.4. The number of aryl methyl sites for hydroxylation is 1. The van der Waals surface area contributed by atoms with Crippen LogP contribution >= 0.6 is 11.5 Å². The summed E-state index contributed by atoms with van der Waals surface area (Å²) in [6.45, 7) is 3.88. The van der Waals surface area contributed by atoms with Gasteiger partial charge in [-0.15, -0.1) is 0 Å². The summed E-state index contributed by atoms with van der Waals surface area (Å²) in [4.78, 5) is 39.2. The van der Waals surface area contributed by atoms with Gasteiger partial charge in [-0.3, -0.25) is 19.3 Å². The monoisotopic (exact) mass is 437 g/mol. The second-order valence-corrected chi connectivity index (χ2v) is 7.80. The fraction of sp³-hybridized carbons (Fsp3) is 0.182. The first kappa shape index (κ1) is 22.0. The van der Waals surface area contributed by atoms with Gasteiger partial charge in [0.05, 0.1) is 5.69 Å². The zero-order chi connectivity index (χ0) is 22.5. The standard InChI is InChI=1S/C22H23N5O3S/c1-13-8-10-16(11-9-13)27(22(30)19-17(23)18(20(24)28)26-31-19)14(2)21(29)25-12-15-6-4-3-5-7-15/h3-11,14H,12,23H2,1-2H3,(H2,24,28)(H,25,29). The average Bonchev–Trinajstić information content (AvgIpc) is 3.15. The van der Waals surface area contributed by atoms with E-state index in [1.807, 2.05) is 49.4 Å². The van der Waals surface area contributed by atoms with Crippen molar-refractivity contribution in [3.05, 3.63) is 76.3 Å². The number of amides is 3. The molecule has 3 amide bonds. The van der Waals surface area contributed by atoms with E-state index in [0.29, 0.717) is 12.2 Å². The number of primary amides is 1. The van der Waals surface area contributed by atoms with E-state index in [2.05, 4.69) is 9.69 Å². The molecule has 3 aromatic rings. The quantitative estimate of drug-likeness (QED) is 0.522. The summed E-state index contributed by atoms with van der Waals surface area (Å²) < 4.78 is 3.90. The van der Waals surface area contributed by atoms with Gasteiger partial charge in [0.15, 0.2) is 5.69 Å². The number of carbonyl (C=O) groups excluding carboxylic acids is 3. The summed E-state index contributed by atoms with van der Waals surface area (Å²) in [6.07, 6.45) is 0. The maximum Gasteiger partial charge on any atom is 0.272 e. The molecule has 9 heteroatoms. The van der Waals surface area contributed by atoms with Crippen molar-refractivity contribution >= 4 is 40.6 Å². The molecule has 0 bridgehead atoms. The highest BCUT2D eigenvalue weighted by molar-refractivity contribution is 7.09. The van der Waals surface area contributed by atoms with E-state index in [1.165, 1.54) is 4.90 Å². The Morgan fingerprint density at radius 2 is 1.74 bits per heavy atom. The topological polar surface area (TPSA) is 131 Å². The van der Waals surface area contributed by atoms with E-state index in [4.69, 9.17) is 11.5 Å². The van der Waals surface area contributed by atoms with Crippen LogP contribution in [0, 0.1) is 6.92 Å². The predicted molar refractivity (Wildman–Crippen MR) is 121 cm³/mol. The number of benzene rings is 2. The zero-order valence-corrected chi connectivity index (χ0v) is 18.0. The van der Waals surface area contributed by atoms with E-state index in [0.717, 1.165) is 22.7 Å². The Kier molecular flexibility index (Phi) is 6.66. The summed E-state index contributed by atoms with van der Waals surface area (Å²) in [7, 11) is 0. The normalized spacial score (nSPS) is 11.5. The van der Waals surface area contributed by atoms with E-state index < -0.39 is 17.9 Å². The van der Waals surface area contributed by atoms with Gasteiger partial charge in [-0.2, -0.15) is 4.37 Å². The van der Waals surface area contributed by atoms with Crippen LogP contribution in [0.15, 0.2) is 54.6 Å². The molecule has 0 saturated heterocycles. The number of nitrogens with zero attached hydrogens (tertiary/aromatic N) is 2. The molecule has 160 valence electrons. The van der Waals surface area contributed by atoms with Crippen LogP contribution < -0.4 is 21.7 Å². The third kappa shape index (κ3) is 4.89. The van der Waals surface area contributed by atoms with Crippen molar-refractivity contribution in [2.24, 2.45) is 5.73 Å². The highest BCUT2D eigenvalue weighted by Gasteiger charge is 2.32. The van der Waals surface area contributed by atoms with Gasteiger partial charge in [0.25, 0.3) is 11.8 Å². The lowest BCUT2D eigenvalue weighted by Gasteiger charge is -2.28. The van der Waals surface area contributed by atoms with Gasteiger partial charge < -0.3 is 16.8 Å². The molecule has 2 aromatic carbocycles. The number of nitrogens with two attached hydrogens (primary N) is 2. The lowest BCUT2D eigenvalue weighted by atomic mass is 10.1. The van der Waals surface area contributed by atoms with Crippen LogP contribution in [0.1, 0.15) is 38.2 Å². The summed E-state index contributed by atoms with van der Waals surface area (Å²) in [5.74, 6) is -1.69. The van der Waals surface area contributed by atoms with Gasteiger partial charge in [-0.25, -0.2) is 0 Å². The highest BCUT2D eigenvalue weighted by atomic mass is 32.1. The molecule has 0 aliphatic carbocycles. The van der Waals surface area contributed by atoms with Crippen molar-refractivity contribution in [2.45, 2.75) is 26.4 Å². The summed E-state index contributed by atoms with van der Waals surface area (Å²) in [6, 6.07) is 15.8. The molecule has 1 unspecified atom stereocenters. The summed E-state index contributed by atoms with van der Waals surface area (Å²) in [5.41, 5.74) is 13.4. The lowest BCUT2D eigenvalue weighted by Crippen LogP contribution is -2.48. The molecule has 8 nitrogen and oxygen atoms in total. The van der Waals surface area contributed by atoms with Crippen LogP contribution in [0.5, 0.6) is 0 Å². The van der Waals surface area contributed by atoms with Crippen molar-refractivity contribution in [3.63, 3.8) is 0 Å². The minimum Gasteiger partial charge on any atom is -0.395 e. The van der Waals surface area contributed by atoms with Crippen molar-refractivity contribution in [1.29, 1.82) is 0 Å². The molecule has 0 fully saturated rings. The van der Waals surface area contributed by atoms with E-state index >= 15 is 0 Å². The van der Waals surface area contributed by atoms with Gasteiger partial charge in [-0.05, 0) is 43.1 Å². The van der Waals surface area contributed by atoms with Crippen LogP contribution in [0.3, 0.4) is 0 Å². The SMILES string of the molecule is Cc1ccc(N(C(=O)c2snc(C(N)=O)c2N)C(C)C(=O)NCc2ccccc2)cc1. The van der Waals surface area contributed by atoms with Gasteiger partial charge in [0.2, 0.25) is 5.91 Å². The summed E-state index contributed by atoms with van der Waals surface area (Å²) in [5, 5.41) is 2.85. The van der Waals surface area contributed by atoms with E-state index in [-0.39, 0.29) is 22.2 Å². The third-order valence-corrected chi connectivity index (χ3v) is 5.61. The van der Waals surface area contributed by atoms with Crippen LogP contribution in [0.25, 0.3) is 0 Å². The second-order valence-electron chi connectivity index (χ2n) is 7.03. The number of aromatic nitrogens is 1. The maximum atomic E-state index is 13.4. The Balaban J connectivity index is 1.90. The van der Waals surface area contributed by atoms with Gasteiger partial charge in [0, 0.05) is 12.2 Å². The summed E-state index contributed by atoms with van der Waals surface area (Å²) >= 11 is 0.779. The molecule has 0 aliphatic heterocycles. The van der Waals surface area contributed by atoms with Crippen LogP contribution in [-0.4, -0.2) is 28.1 Å². The first-order chi connectivity index (χ1) is 14.8. The fourth-order valence-corrected chi connectivity index (χ4v) is 3.75. The van der Waals surface area contributed by atoms with Crippen molar-refractivity contribution < 1.29 is 14.4 Å². The van der Waals surface area contributed by atoms with Crippen LogP contribution in [0.4, 0.5) is 11.4 Å². The minimum atomic E-state index is -0.850. The first-order valence-corrected chi connectivity index (χ1v) is 10.3. The smallest absolute Gasteiger partial charge is 0.272 e. The Morgan fingerprint density at radius 1 is 1.10 bits per heavy atom. The minimum absolute atomic E-state index is 0.0529. The number of hydrogen-bond acceptors (Lipinski definition) is 6. The third-order valence-electron chi connectivity index (χ3n) is 4.76. The molecule has 1 atom stereocenters. The second kappa shape index (κ2) is 9.40. The molecule has 1 aromatic heterocycles. The number of carbonyl (C=O) groups is 3. The molecule has 1 heterocycles. The predicted octanol–water partition coefficient (Wildman–Crippen LogP) is 2.48.